The summed E-state index contributed by atoms with van der Waals surface area (Å²) in [6, 6.07) is 18.3. The standard InChI is InChI=1S/C19H17NO/c1-15-17-11-5-6-12-18(17)20(19(15)14-21)13-7-10-16-8-3-2-4-9-16/h2-12,14H,13H2,1H3/b10-7+. The maximum atomic E-state index is 11.4. The Morgan fingerprint density at radius 2 is 1.71 bits per heavy atom. The van der Waals surface area contributed by atoms with E-state index in [1.54, 1.807) is 0 Å². The van der Waals surface area contributed by atoms with Crippen molar-refractivity contribution >= 4 is 23.3 Å². The molecule has 3 aromatic rings. The van der Waals surface area contributed by atoms with Crippen molar-refractivity contribution in [2.24, 2.45) is 0 Å². The Bertz CT molecular complexity index is 797. The van der Waals surface area contributed by atoms with Gasteiger partial charge < -0.3 is 4.57 Å². The van der Waals surface area contributed by atoms with E-state index in [-0.39, 0.29) is 0 Å². The van der Waals surface area contributed by atoms with E-state index in [1.807, 2.05) is 37.3 Å². The number of aldehydes is 1. The van der Waals surface area contributed by atoms with Crippen LogP contribution in [0.2, 0.25) is 0 Å². The van der Waals surface area contributed by atoms with Crippen LogP contribution in [0.1, 0.15) is 21.6 Å². The number of fused-ring (bicyclic) bond motifs is 1. The smallest absolute Gasteiger partial charge is 0.166 e. The minimum Gasteiger partial charge on any atom is -0.334 e. The molecule has 0 fully saturated rings. The van der Waals surface area contributed by atoms with E-state index in [4.69, 9.17) is 0 Å². The van der Waals surface area contributed by atoms with Gasteiger partial charge in [0.15, 0.2) is 6.29 Å². The largest absolute Gasteiger partial charge is 0.334 e. The van der Waals surface area contributed by atoms with Crippen molar-refractivity contribution in [3.63, 3.8) is 0 Å². The van der Waals surface area contributed by atoms with Crippen LogP contribution >= 0.6 is 0 Å². The fraction of sp³-hybridized carbons (Fsp3) is 0.105. The minimum atomic E-state index is 0.692. The van der Waals surface area contributed by atoms with Crippen LogP contribution in [0.25, 0.3) is 17.0 Å². The number of rotatable bonds is 4. The van der Waals surface area contributed by atoms with Crippen LogP contribution < -0.4 is 0 Å². The second-order valence-corrected chi connectivity index (χ2v) is 5.07. The molecule has 0 spiro atoms. The molecule has 0 aliphatic heterocycles. The van der Waals surface area contributed by atoms with Crippen LogP contribution in [0.3, 0.4) is 0 Å². The molecule has 3 rings (SSSR count). The average molecular weight is 275 g/mol. The van der Waals surface area contributed by atoms with Crippen LogP contribution in [0.5, 0.6) is 0 Å². The number of allylic oxidation sites excluding steroid dienone is 1. The maximum absolute atomic E-state index is 11.4. The highest BCUT2D eigenvalue weighted by Crippen LogP contribution is 2.24. The van der Waals surface area contributed by atoms with Crippen LogP contribution in [-0.2, 0) is 6.54 Å². The molecule has 2 heteroatoms. The van der Waals surface area contributed by atoms with Crippen molar-refractivity contribution in [3.8, 4) is 0 Å². The Labute approximate surface area is 124 Å². The molecular weight excluding hydrogens is 258 g/mol. The van der Waals surface area contributed by atoms with Gasteiger partial charge in [0.05, 0.1) is 5.69 Å². The van der Waals surface area contributed by atoms with E-state index in [0.717, 1.165) is 28.4 Å². The van der Waals surface area contributed by atoms with E-state index in [9.17, 15) is 4.79 Å². The summed E-state index contributed by atoms with van der Waals surface area (Å²) in [7, 11) is 0. The number of benzene rings is 2. The number of para-hydroxylation sites is 1. The predicted octanol–water partition coefficient (Wildman–Crippen LogP) is 4.48. The highest BCUT2D eigenvalue weighted by Gasteiger charge is 2.11. The molecule has 2 nitrogen and oxygen atoms in total. The van der Waals surface area contributed by atoms with E-state index in [0.29, 0.717) is 6.54 Å². The monoisotopic (exact) mass is 275 g/mol. The summed E-state index contributed by atoms with van der Waals surface area (Å²) in [5.74, 6) is 0. The Morgan fingerprint density at radius 1 is 1.00 bits per heavy atom. The Hall–Kier alpha value is -2.61. The molecule has 0 aliphatic carbocycles. The van der Waals surface area contributed by atoms with Gasteiger partial charge in [-0.05, 0) is 24.1 Å². The molecule has 21 heavy (non-hydrogen) atoms. The highest BCUT2D eigenvalue weighted by molar-refractivity contribution is 5.93. The fourth-order valence-electron chi connectivity index (χ4n) is 2.70. The lowest BCUT2D eigenvalue weighted by Gasteiger charge is -2.04. The summed E-state index contributed by atoms with van der Waals surface area (Å²) in [6.45, 7) is 2.70. The van der Waals surface area contributed by atoms with Crippen molar-refractivity contribution in [2.75, 3.05) is 0 Å². The lowest BCUT2D eigenvalue weighted by molar-refractivity contribution is 0.111. The molecule has 0 bridgehead atoms. The van der Waals surface area contributed by atoms with Gasteiger partial charge in [-0.2, -0.15) is 0 Å². The molecule has 0 atom stereocenters. The maximum Gasteiger partial charge on any atom is 0.166 e. The van der Waals surface area contributed by atoms with Crippen molar-refractivity contribution in [1.82, 2.24) is 4.57 Å². The molecule has 0 saturated carbocycles. The second kappa shape index (κ2) is 5.80. The van der Waals surface area contributed by atoms with Crippen LogP contribution in [0.15, 0.2) is 60.7 Å². The first-order valence-electron chi connectivity index (χ1n) is 7.06. The van der Waals surface area contributed by atoms with Gasteiger partial charge in [-0.15, -0.1) is 0 Å². The third-order valence-corrected chi connectivity index (χ3v) is 3.78. The first-order chi connectivity index (χ1) is 10.3. The molecule has 2 aromatic carbocycles. The molecule has 0 amide bonds. The predicted molar refractivity (Wildman–Crippen MR) is 87.5 cm³/mol. The van der Waals surface area contributed by atoms with Gasteiger partial charge in [-0.1, -0.05) is 60.7 Å². The lowest BCUT2D eigenvalue weighted by Crippen LogP contribution is -2.00. The number of hydrogen-bond donors (Lipinski definition) is 0. The van der Waals surface area contributed by atoms with Crippen molar-refractivity contribution < 1.29 is 4.79 Å². The van der Waals surface area contributed by atoms with E-state index >= 15 is 0 Å². The number of nitrogens with zero attached hydrogens (tertiary/aromatic N) is 1. The SMILES string of the molecule is Cc1c(C=O)n(C/C=C/c2ccccc2)c2ccccc12. The average Bonchev–Trinajstić information content (AvgIpc) is 2.81. The summed E-state index contributed by atoms with van der Waals surface area (Å²) in [5, 5.41) is 1.15. The van der Waals surface area contributed by atoms with Crippen LogP contribution in [0.4, 0.5) is 0 Å². The Balaban J connectivity index is 1.97. The zero-order chi connectivity index (χ0) is 14.7. The normalized spacial score (nSPS) is 11.3. The number of aromatic nitrogens is 1. The molecule has 0 aliphatic rings. The topological polar surface area (TPSA) is 22.0 Å². The number of carbonyl (C=O) groups is 1. The number of hydrogen-bond acceptors (Lipinski definition) is 1. The fourth-order valence-corrected chi connectivity index (χ4v) is 2.70. The number of aryl methyl sites for hydroxylation is 1. The second-order valence-electron chi connectivity index (χ2n) is 5.07. The molecule has 0 saturated heterocycles. The van der Waals surface area contributed by atoms with E-state index < -0.39 is 0 Å². The van der Waals surface area contributed by atoms with Gasteiger partial charge >= 0.3 is 0 Å². The minimum absolute atomic E-state index is 0.692. The Morgan fingerprint density at radius 3 is 2.48 bits per heavy atom. The molecule has 0 radical (unpaired) electrons. The molecule has 0 unspecified atom stereocenters. The van der Waals surface area contributed by atoms with Crippen molar-refractivity contribution in [1.29, 1.82) is 0 Å². The molecule has 0 N–H and O–H groups in total. The van der Waals surface area contributed by atoms with Gasteiger partial charge in [0, 0.05) is 17.4 Å². The molecule has 104 valence electrons. The van der Waals surface area contributed by atoms with Gasteiger partial charge in [0.1, 0.15) is 0 Å². The van der Waals surface area contributed by atoms with Gasteiger partial charge in [-0.3, -0.25) is 4.79 Å². The lowest BCUT2D eigenvalue weighted by atomic mass is 10.2. The van der Waals surface area contributed by atoms with Crippen LogP contribution in [0, 0.1) is 6.92 Å². The first-order valence-corrected chi connectivity index (χ1v) is 7.06. The first kappa shape index (κ1) is 13.4. The van der Waals surface area contributed by atoms with Crippen molar-refractivity contribution in [2.45, 2.75) is 13.5 Å². The number of carbonyl (C=O) groups excluding carboxylic acids is 1. The van der Waals surface area contributed by atoms with Gasteiger partial charge in [0.25, 0.3) is 0 Å². The third kappa shape index (κ3) is 2.52. The summed E-state index contributed by atoms with van der Waals surface area (Å²) >= 11 is 0. The van der Waals surface area contributed by atoms with Crippen LogP contribution in [-0.4, -0.2) is 10.9 Å². The molecular formula is C19H17NO. The summed E-state index contributed by atoms with van der Waals surface area (Å²) in [5.41, 5.74) is 4.08. The van der Waals surface area contributed by atoms with E-state index in [2.05, 4.69) is 41.0 Å². The molecule has 1 aromatic heterocycles. The Kier molecular flexibility index (Phi) is 3.69. The van der Waals surface area contributed by atoms with Gasteiger partial charge in [0.2, 0.25) is 0 Å². The summed E-state index contributed by atoms with van der Waals surface area (Å²) < 4.78 is 2.07. The summed E-state index contributed by atoms with van der Waals surface area (Å²) in [4.78, 5) is 11.4. The third-order valence-electron chi connectivity index (χ3n) is 3.78. The highest BCUT2D eigenvalue weighted by atomic mass is 16.1. The van der Waals surface area contributed by atoms with E-state index in [1.165, 1.54) is 5.56 Å². The quantitative estimate of drug-likeness (QED) is 0.644. The van der Waals surface area contributed by atoms with Crippen molar-refractivity contribution in [3.05, 3.63) is 77.5 Å². The molecule has 1 heterocycles. The summed E-state index contributed by atoms with van der Waals surface area (Å²) in [6.07, 6.45) is 5.12. The zero-order valence-corrected chi connectivity index (χ0v) is 12.0. The van der Waals surface area contributed by atoms with Gasteiger partial charge in [-0.25, -0.2) is 0 Å². The zero-order valence-electron chi connectivity index (χ0n) is 12.0.